The van der Waals surface area contributed by atoms with Crippen LogP contribution in [-0.4, -0.2) is 60.6 Å². The maximum Gasteiger partial charge on any atom is 0.409 e. The van der Waals surface area contributed by atoms with Gasteiger partial charge in [-0.15, -0.1) is 0 Å². The zero-order valence-electron chi connectivity index (χ0n) is 11.5. The number of carbonyl (C=O) groups excluding carboxylic acids is 1. The summed E-state index contributed by atoms with van der Waals surface area (Å²) in [6, 6.07) is -0.0566. The highest BCUT2D eigenvalue weighted by Crippen LogP contribution is 2.08. The molecule has 0 aromatic rings. The van der Waals surface area contributed by atoms with Crippen molar-refractivity contribution in [3.63, 3.8) is 0 Å². The molecule has 1 atom stereocenters. The van der Waals surface area contributed by atoms with Gasteiger partial charge in [0.25, 0.3) is 0 Å². The molecule has 18 heavy (non-hydrogen) atoms. The van der Waals surface area contributed by atoms with Crippen LogP contribution in [0, 0.1) is 11.3 Å². The topological polar surface area (TPSA) is 82.7 Å². The third-order valence-corrected chi connectivity index (χ3v) is 3.11. The van der Waals surface area contributed by atoms with Gasteiger partial charge in [0, 0.05) is 26.2 Å². The predicted molar refractivity (Wildman–Crippen MR) is 70.7 cm³/mol. The van der Waals surface area contributed by atoms with Crippen LogP contribution in [0.4, 0.5) is 4.79 Å². The monoisotopic (exact) mass is 256 g/mol. The summed E-state index contributed by atoms with van der Waals surface area (Å²) >= 11 is 0. The molecule has 1 heterocycles. The third-order valence-electron chi connectivity index (χ3n) is 3.11. The second-order valence-electron chi connectivity index (χ2n) is 5.13. The number of nitrogens with zero attached hydrogens (tertiary/aromatic N) is 2. The summed E-state index contributed by atoms with van der Waals surface area (Å²) in [5.74, 6) is 0.527. The molecule has 0 bridgehead atoms. The summed E-state index contributed by atoms with van der Waals surface area (Å²) in [5.41, 5.74) is 5.48. The van der Waals surface area contributed by atoms with Crippen molar-refractivity contribution in [3.05, 3.63) is 0 Å². The van der Waals surface area contributed by atoms with Crippen molar-refractivity contribution in [2.24, 2.45) is 11.7 Å². The van der Waals surface area contributed by atoms with Crippen molar-refractivity contribution in [2.45, 2.75) is 26.8 Å². The van der Waals surface area contributed by atoms with Crippen LogP contribution in [0.5, 0.6) is 0 Å². The molecule has 0 saturated carbocycles. The van der Waals surface area contributed by atoms with Gasteiger partial charge in [-0.3, -0.25) is 10.3 Å². The molecule has 3 N–H and O–H groups in total. The first-order chi connectivity index (χ1) is 8.41. The number of ether oxygens (including phenoxy) is 1. The van der Waals surface area contributed by atoms with Crippen LogP contribution in [0.15, 0.2) is 0 Å². The largest absolute Gasteiger partial charge is 0.449 e. The minimum Gasteiger partial charge on any atom is -0.449 e. The molecule has 0 aliphatic carbocycles. The van der Waals surface area contributed by atoms with Crippen molar-refractivity contribution in [1.29, 1.82) is 5.41 Å². The zero-order chi connectivity index (χ0) is 13.7. The molecule has 0 aromatic carbocycles. The van der Waals surface area contributed by atoms with Crippen LogP contribution in [-0.2, 0) is 4.74 Å². The minimum atomic E-state index is -0.237. The van der Waals surface area contributed by atoms with E-state index < -0.39 is 0 Å². The number of amidine groups is 1. The minimum absolute atomic E-state index is 0.0566. The van der Waals surface area contributed by atoms with Gasteiger partial charge in [0.2, 0.25) is 0 Å². The maximum atomic E-state index is 11.7. The van der Waals surface area contributed by atoms with Crippen molar-refractivity contribution in [3.8, 4) is 0 Å². The highest BCUT2D eigenvalue weighted by atomic mass is 16.6. The number of rotatable bonds is 4. The number of hydrogen-bond donors (Lipinski definition) is 2. The number of hydrogen-bond acceptors (Lipinski definition) is 4. The van der Waals surface area contributed by atoms with Crippen LogP contribution >= 0.6 is 0 Å². The molecular weight excluding hydrogens is 232 g/mol. The lowest BCUT2D eigenvalue weighted by Gasteiger charge is -2.37. The number of amides is 1. The fraction of sp³-hybridized carbons (Fsp3) is 0.833. The predicted octanol–water partition coefficient (Wildman–Crippen LogP) is 0.721. The molecular formula is C12H24N4O2. The first-order valence-electron chi connectivity index (χ1n) is 6.41. The van der Waals surface area contributed by atoms with E-state index in [1.54, 1.807) is 4.90 Å². The van der Waals surface area contributed by atoms with E-state index in [4.69, 9.17) is 15.9 Å². The summed E-state index contributed by atoms with van der Waals surface area (Å²) < 4.78 is 5.19. The van der Waals surface area contributed by atoms with E-state index in [0.717, 1.165) is 13.1 Å². The molecule has 1 fully saturated rings. The number of piperazine rings is 1. The Kier molecular flexibility index (Phi) is 5.40. The molecule has 1 amide bonds. The molecule has 1 saturated heterocycles. The van der Waals surface area contributed by atoms with Crippen molar-refractivity contribution in [2.75, 3.05) is 32.8 Å². The second-order valence-corrected chi connectivity index (χ2v) is 5.13. The fourth-order valence-corrected chi connectivity index (χ4v) is 1.82. The van der Waals surface area contributed by atoms with Crippen LogP contribution in [0.2, 0.25) is 0 Å². The summed E-state index contributed by atoms with van der Waals surface area (Å²) in [4.78, 5) is 15.6. The summed E-state index contributed by atoms with van der Waals surface area (Å²) in [7, 11) is 0. The average Bonchev–Trinajstić information content (AvgIpc) is 2.35. The lowest BCUT2D eigenvalue weighted by atomic mass is 10.2. The second kappa shape index (κ2) is 6.58. The van der Waals surface area contributed by atoms with Gasteiger partial charge in [0.1, 0.15) is 5.84 Å². The first-order valence-corrected chi connectivity index (χ1v) is 6.41. The third kappa shape index (κ3) is 4.18. The summed E-state index contributed by atoms with van der Waals surface area (Å²) in [6.07, 6.45) is -0.237. The van der Waals surface area contributed by atoms with Crippen LogP contribution in [0.1, 0.15) is 20.8 Å². The Morgan fingerprint density at radius 2 is 1.83 bits per heavy atom. The van der Waals surface area contributed by atoms with Crippen molar-refractivity contribution in [1.82, 2.24) is 9.80 Å². The standard InChI is InChI=1S/C12H24N4O2/c1-9(2)8-18-12(17)16-6-4-15(5-7-16)10(3)11(13)14/h9-10H,4-8H2,1-3H3,(H3,13,14). The van der Waals surface area contributed by atoms with Gasteiger partial charge in [-0.05, 0) is 12.8 Å². The van der Waals surface area contributed by atoms with Gasteiger partial charge in [-0.2, -0.15) is 0 Å². The van der Waals surface area contributed by atoms with Crippen LogP contribution in [0.25, 0.3) is 0 Å². The summed E-state index contributed by atoms with van der Waals surface area (Å²) in [6.45, 7) is 9.13. The zero-order valence-corrected chi connectivity index (χ0v) is 11.5. The van der Waals surface area contributed by atoms with Gasteiger partial charge in [-0.1, -0.05) is 13.8 Å². The maximum absolute atomic E-state index is 11.7. The Hall–Kier alpha value is -1.30. The quantitative estimate of drug-likeness (QED) is 0.573. The Morgan fingerprint density at radius 1 is 1.28 bits per heavy atom. The van der Waals surface area contributed by atoms with Gasteiger partial charge in [0.05, 0.1) is 12.6 Å². The molecule has 0 aromatic heterocycles. The van der Waals surface area contributed by atoms with E-state index in [-0.39, 0.29) is 18.0 Å². The molecule has 1 unspecified atom stereocenters. The van der Waals surface area contributed by atoms with E-state index in [0.29, 0.717) is 25.6 Å². The van der Waals surface area contributed by atoms with Gasteiger partial charge in [0.15, 0.2) is 0 Å². The van der Waals surface area contributed by atoms with E-state index >= 15 is 0 Å². The first kappa shape index (κ1) is 14.8. The lowest BCUT2D eigenvalue weighted by Crippen LogP contribution is -2.54. The number of nitrogens with one attached hydrogen (secondary N) is 1. The fourth-order valence-electron chi connectivity index (χ4n) is 1.82. The number of carbonyl (C=O) groups is 1. The van der Waals surface area contributed by atoms with Crippen LogP contribution < -0.4 is 5.73 Å². The van der Waals surface area contributed by atoms with Gasteiger partial charge >= 0.3 is 6.09 Å². The van der Waals surface area contributed by atoms with E-state index in [9.17, 15) is 4.79 Å². The molecule has 1 aliphatic rings. The van der Waals surface area contributed by atoms with E-state index in [1.807, 2.05) is 20.8 Å². The summed E-state index contributed by atoms with van der Waals surface area (Å²) in [5, 5.41) is 7.42. The Bertz CT molecular complexity index is 298. The number of nitrogens with two attached hydrogens (primary N) is 1. The lowest BCUT2D eigenvalue weighted by molar-refractivity contribution is 0.0662. The normalized spacial score (nSPS) is 18.8. The molecule has 1 rings (SSSR count). The highest BCUT2D eigenvalue weighted by molar-refractivity contribution is 5.82. The Morgan fingerprint density at radius 3 is 2.28 bits per heavy atom. The van der Waals surface area contributed by atoms with E-state index in [2.05, 4.69) is 4.90 Å². The molecule has 0 spiro atoms. The highest BCUT2D eigenvalue weighted by Gasteiger charge is 2.25. The molecule has 1 aliphatic heterocycles. The Labute approximate surface area is 109 Å². The van der Waals surface area contributed by atoms with Crippen molar-refractivity contribution < 1.29 is 9.53 Å². The SMILES string of the molecule is CC(C)COC(=O)N1CCN(C(C)C(=N)N)CC1. The van der Waals surface area contributed by atoms with Crippen molar-refractivity contribution >= 4 is 11.9 Å². The van der Waals surface area contributed by atoms with Crippen LogP contribution in [0.3, 0.4) is 0 Å². The molecule has 0 radical (unpaired) electrons. The Balaban J connectivity index is 2.35. The molecule has 6 nitrogen and oxygen atoms in total. The molecule has 6 heteroatoms. The average molecular weight is 256 g/mol. The van der Waals surface area contributed by atoms with Gasteiger partial charge in [-0.25, -0.2) is 4.79 Å². The molecule has 104 valence electrons. The van der Waals surface area contributed by atoms with E-state index in [1.165, 1.54) is 0 Å². The smallest absolute Gasteiger partial charge is 0.409 e. The van der Waals surface area contributed by atoms with Gasteiger partial charge < -0.3 is 15.4 Å².